The summed E-state index contributed by atoms with van der Waals surface area (Å²) in [5.74, 6) is 1.24. The molecule has 230 valence electrons. The molecule has 1 fully saturated rings. The second-order valence-electron chi connectivity index (χ2n) is 10.4. The lowest BCUT2D eigenvalue weighted by Gasteiger charge is -2.36. The summed E-state index contributed by atoms with van der Waals surface area (Å²) in [4.78, 5) is 17.2. The first-order valence-electron chi connectivity index (χ1n) is 14.1. The number of hydrogen-bond acceptors (Lipinski definition) is 8. The van der Waals surface area contributed by atoms with Gasteiger partial charge in [-0.1, -0.05) is 29.8 Å². The van der Waals surface area contributed by atoms with Crippen LogP contribution in [0.5, 0.6) is 11.5 Å². The van der Waals surface area contributed by atoms with Crippen LogP contribution in [0.1, 0.15) is 11.1 Å². The number of hydrogen-bond donors (Lipinski definition) is 0. The molecule has 1 saturated heterocycles. The molecule has 4 aromatic rings. The SMILES string of the molecule is COc1ccc(-c2ccc(N3CCN(C(=O)CN(Cc4ccc(F)cc4)S(=O)(=O)c4ccc(C)cc4)CC3)nn2)c(OC)c1. The predicted molar refractivity (Wildman–Crippen MR) is 165 cm³/mol. The Bertz CT molecular complexity index is 1690. The number of methoxy groups -OCH3 is 2. The molecule has 0 spiro atoms. The monoisotopic (exact) mass is 619 g/mol. The van der Waals surface area contributed by atoms with Gasteiger partial charge in [0.2, 0.25) is 15.9 Å². The molecule has 3 aromatic carbocycles. The van der Waals surface area contributed by atoms with Gasteiger partial charge in [0.05, 0.1) is 31.4 Å². The average molecular weight is 620 g/mol. The van der Waals surface area contributed by atoms with E-state index in [1.165, 1.54) is 36.4 Å². The largest absolute Gasteiger partial charge is 0.497 e. The van der Waals surface area contributed by atoms with Crippen LogP contribution in [0, 0.1) is 12.7 Å². The zero-order chi connectivity index (χ0) is 31.3. The van der Waals surface area contributed by atoms with Crippen molar-refractivity contribution in [3.63, 3.8) is 0 Å². The van der Waals surface area contributed by atoms with Crippen LogP contribution in [0.15, 0.2) is 83.8 Å². The molecule has 0 N–H and O–H groups in total. The summed E-state index contributed by atoms with van der Waals surface area (Å²) >= 11 is 0. The smallest absolute Gasteiger partial charge is 0.243 e. The van der Waals surface area contributed by atoms with Crippen LogP contribution in [0.25, 0.3) is 11.3 Å². The quantitative estimate of drug-likeness (QED) is 0.261. The number of aromatic nitrogens is 2. The molecule has 1 aliphatic rings. The van der Waals surface area contributed by atoms with Crippen molar-refractivity contribution in [2.45, 2.75) is 18.4 Å². The maximum absolute atomic E-state index is 13.6. The highest BCUT2D eigenvalue weighted by Gasteiger charge is 2.30. The fourth-order valence-corrected chi connectivity index (χ4v) is 6.34. The Morgan fingerprint density at radius 2 is 1.59 bits per heavy atom. The number of piperazine rings is 1. The number of aryl methyl sites for hydroxylation is 1. The van der Waals surface area contributed by atoms with Gasteiger partial charge < -0.3 is 19.3 Å². The predicted octanol–water partition coefficient (Wildman–Crippen LogP) is 4.15. The van der Waals surface area contributed by atoms with Crippen molar-refractivity contribution in [3.05, 3.63) is 95.8 Å². The molecule has 0 atom stereocenters. The van der Waals surface area contributed by atoms with E-state index >= 15 is 0 Å². The first-order chi connectivity index (χ1) is 21.2. The van der Waals surface area contributed by atoms with Gasteiger partial charge in [-0.25, -0.2) is 12.8 Å². The Balaban J connectivity index is 1.26. The molecule has 12 heteroatoms. The molecule has 44 heavy (non-hydrogen) atoms. The first kappa shape index (κ1) is 30.9. The third kappa shape index (κ3) is 6.98. The Morgan fingerprint density at radius 3 is 2.20 bits per heavy atom. The van der Waals surface area contributed by atoms with Gasteiger partial charge in [0, 0.05) is 44.4 Å². The van der Waals surface area contributed by atoms with Crippen LogP contribution in [0.2, 0.25) is 0 Å². The standard InChI is InChI=1S/C32H34FN5O5S/c1-23-4-11-27(12-5-23)44(40,41)38(21-24-6-8-25(33)9-7-24)22-32(39)37-18-16-36(17-19-37)31-15-14-29(34-35-31)28-13-10-26(42-2)20-30(28)43-3/h4-15,20H,16-19,21-22H2,1-3H3. The summed E-state index contributed by atoms with van der Waals surface area (Å²) in [5.41, 5.74) is 2.93. The summed E-state index contributed by atoms with van der Waals surface area (Å²) in [6, 6.07) is 21.3. The molecule has 0 unspecified atom stereocenters. The Morgan fingerprint density at radius 1 is 0.886 bits per heavy atom. The Hall–Kier alpha value is -4.55. The van der Waals surface area contributed by atoms with Crippen molar-refractivity contribution in [2.24, 2.45) is 0 Å². The summed E-state index contributed by atoms with van der Waals surface area (Å²) < 4.78 is 52.6. The van der Waals surface area contributed by atoms with Gasteiger partial charge >= 0.3 is 0 Å². The molecular weight excluding hydrogens is 585 g/mol. The molecule has 1 aromatic heterocycles. The van der Waals surface area contributed by atoms with Crippen molar-refractivity contribution >= 4 is 21.7 Å². The average Bonchev–Trinajstić information content (AvgIpc) is 3.05. The lowest BCUT2D eigenvalue weighted by atomic mass is 10.1. The van der Waals surface area contributed by atoms with E-state index in [0.29, 0.717) is 54.8 Å². The number of anilines is 1. The number of benzene rings is 3. The fraction of sp³-hybridized carbons (Fsp3) is 0.281. The summed E-state index contributed by atoms with van der Waals surface area (Å²) in [5, 5.41) is 8.81. The minimum Gasteiger partial charge on any atom is -0.497 e. The number of carbonyl (C=O) groups excluding carboxylic acids is 1. The topological polar surface area (TPSA) is 105 Å². The zero-order valence-electron chi connectivity index (χ0n) is 24.8. The van der Waals surface area contributed by atoms with E-state index in [-0.39, 0.29) is 23.9 Å². The highest BCUT2D eigenvalue weighted by Crippen LogP contribution is 2.32. The highest BCUT2D eigenvalue weighted by atomic mass is 32.2. The minimum atomic E-state index is -4.00. The molecule has 0 radical (unpaired) electrons. The van der Waals surface area contributed by atoms with Crippen molar-refractivity contribution in [1.82, 2.24) is 19.4 Å². The second-order valence-corrected chi connectivity index (χ2v) is 12.4. The molecule has 1 amide bonds. The van der Waals surface area contributed by atoms with E-state index < -0.39 is 15.8 Å². The van der Waals surface area contributed by atoms with Crippen LogP contribution in [-0.2, 0) is 21.4 Å². The molecule has 2 heterocycles. The summed E-state index contributed by atoms with van der Waals surface area (Å²) in [6.07, 6.45) is 0. The van der Waals surface area contributed by atoms with Crippen molar-refractivity contribution in [2.75, 3.05) is 51.8 Å². The third-order valence-corrected chi connectivity index (χ3v) is 9.34. The van der Waals surface area contributed by atoms with E-state index in [9.17, 15) is 17.6 Å². The second kappa shape index (κ2) is 13.4. The lowest BCUT2D eigenvalue weighted by molar-refractivity contribution is -0.131. The van der Waals surface area contributed by atoms with E-state index in [0.717, 1.165) is 15.4 Å². The maximum Gasteiger partial charge on any atom is 0.243 e. The number of carbonyl (C=O) groups is 1. The van der Waals surface area contributed by atoms with Crippen molar-refractivity contribution in [3.8, 4) is 22.8 Å². The molecule has 0 bridgehead atoms. The van der Waals surface area contributed by atoms with Gasteiger partial charge in [-0.3, -0.25) is 4.79 Å². The van der Waals surface area contributed by atoms with E-state index in [2.05, 4.69) is 10.2 Å². The van der Waals surface area contributed by atoms with E-state index in [4.69, 9.17) is 9.47 Å². The van der Waals surface area contributed by atoms with Crippen molar-refractivity contribution in [1.29, 1.82) is 0 Å². The van der Waals surface area contributed by atoms with Crippen LogP contribution in [0.4, 0.5) is 10.2 Å². The Kier molecular flexibility index (Phi) is 9.40. The van der Waals surface area contributed by atoms with E-state index in [1.54, 1.807) is 37.3 Å². The van der Waals surface area contributed by atoms with Gasteiger partial charge in [0.25, 0.3) is 0 Å². The fourth-order valence-electron chi connectivity index (χ4n) is 4.96. The van der Waals surface area contributed by atoms with Gasteiger partial charge in [-0.05, 0) is 61.0 Å². The molecule has 10 nitrogen and oxygen atoms in total. The summed E-state index contributed by atoms with van der Waals surface area (Å²) in [6.45, 7) is 3.26. The number of nitrogens with zero attached hydrogens (tertiary/aromatic N) is 5. The zero-order valence-corrected chi connectivity index (χ0v) is 25.6. The molecular formula is C32H34FN5O5S. The van der Waals surface area contributed by atoms with Crippen LogP contribution in [0.3, 0.4) is 0 Å². The Labute approximate surface area is 256 Å². The minimum absolute atomic E-state index is 0.0664. The van der Waals surface area contributed by atoms with Gasteiger partial charge in [0.15, 0.2) is 5.82 Å². The van der Waals surface area contributed by atoms with Gasteiger partial charge in [-0.15, -0.1) is 10.2 Å². The number of ether oxygens (including phenoxy) is 2. The third-order valence-electron chi connectivity index (χ3n) is 7.53. The highest BCUT2D eigenvalue weighted by molar-refractivity contribution is 7.89. The van der Waals surface area contributed by atoms with Gasteiger partial charge in [-0.2, -0.15) is 4.31 Å². The number of sulfonamides is 1. The van der Waals surface area contributed by atoms with E-state index in [1.807, 2.05) is 36.1 Å². The normalized spacial score (nSPS) is 13.7. The number of halogens is 1. The molecule has 0 aliphatic carbocycles. The van der Waals surface area contributed by atoms with Gasteiger partial charge in [0.1, 0.15) is 17.3 Å². The molecule has 0 saturated carbocycles. The van der Waals surface area contributed by atoms with Crippen molar-refractivity contribution < 1.29 is 27.1 Å². The number of rotatable bonds is 10. The summed E-state index contributed by atoms with van der Waals surface area (Å²) in [7, 11) is -0.827. The number of amides is 1. The first-order valence-corrected chi connectivity index (χ1v) is 15.5. The lowest BCUT2D eigenvalue weighted by Crippen LogP contribution is -2.52. The maximum atomic E-state index is 13.6. The molecule has 1 aliphatic heterocycles. The van der Waals surface area contributed by atoms with Crippen LogP contribution < -0.4 is 14.4 Å². The van der Waals surface area contributed by atoms with Crippen LogP contribution in [-0.4, -0.2) is 80.7 Å². The molecule has 5 rings (SSSR count). The van der Waals surface area contributed by atoms with Crippen LogP contribution >= 0.6 is 0 Å².